The average Bonchev–Trinajstić information content (AvgIpc) is 2.93. The van der Waals surface area contributed by atoms with Gasteiger partial charge in [-0.15, -0.1) is 0 Å². The van der Waals surface area contributed by atoms with Gasteiger partial charge in [-0.3, -0.25) is 9.63 Å². The van der Waals surface area contributed by atoms with Gasteiger partial charge in [0, 0.05) is 6.54 Å². The number of nitrogens with zero attached hydrogens (tertiary/aromatic N) is 2. The fourth-order valence-electron chi connectivity index (χ4n) is 3.47. The first-order valence-electron chi connectivity index (χ1n) is 9.89. The Morgan fingerprint density at radius 3 is 2.57 bits per heavy atom. The minimum absolute atomic E-state index is 0.224. The largest absolute Gasteiger partial charge is 0.444 e. The Morgan fingerprint density at radius 2 is 1.93 bits per heavy atom. The van der Waals surface area contributed by atoms with Crippen molar-refractivity contribution in [3.63, 3.8) is 0 Å². The van der Waals surface area contributed by atoms with Crippen LogP contribution in [0.3, 0.4) is 0 Å². The molecule has 3 N–H and O–H groups in total. The second-order valence-corrected chi connectivity index (χ2v) is 8.30. The van der Waals surface area contributed by atoms with E-state index >= 15 is 0 Å². The van der Waals surface area contributed by atoms with Crippen LogP contribution in [0.15, 0.2) is 42.0 Å². The standard InChI is InChI=1S/C21H28N4O5/c1-21(2,3)30-19(27)23-10-9-15-11-16(18(22)26)24-12-17(15)25(20(24)28)29-13-14-7-5-4-6-8-14/h4-8,11,16-17H,9-10,12-13H2,1-3H3,(H2,22,26)(H,23,27)/t16-,17-/m0/s1. The highest BCUT2D eigenvalue weighted by Crippen LogP contribution is 2.32. The first-order valence-corrected chi connectivity index (χ1v) is 9.89. The van der Waals surface area contributed by atoms with E-state index in [4.69, 9.17) is 15.3 Å². The van der Waals surface area contributed by atoms with E-state index in [2.05, 4.69) is 5.32 Å². The number of nitrogens with two attached hydrogens (primary N) is 1. The van der Waals surface area contributed by atoms with Crippen LogP contribution in [0.4, 0.5) is 9.59 Å². The highest BCUT2D eigenvalue weighted by molar-refractivity contribution is 5.90. The zero-order valence-electron chi connectivity index (χ0n) is 17.5. The van der Waals surface area contributed by atoms with Gasteiger partial charge in [-0.2, -0.15) is 5.06 Å². The number of carbonyl (C=O) groups excluding carboxylic acids is 3. The fraction of sp³-hybridized carbons (Fsp3) is 0.476. The molecule has 1 aromatic carbocycles. The lowest BCUT2D eigenvalue weighted by atomic mass is 9.97. The first kappa shape index (κ1) is 21.6. The van der Waals surface area contributed by atoms with Crippen LogP contribution in [0.5, 0.6) is 0 Å². The molecule has 2 bridgehead atoms. The van der Waals surface area contributed by atoms with Gasteiger partial charge in [0.05, 0.1) is 6.54 Å². The van der Waals surface area contributed by atoms with Gasteiger partial charge >= 0.3 is 12.1 Å². The molecule has 2 aliphatic rings. The summed E-state index contributed by atoms with van der Waals surface area (Å²) in [6.45, 7) is 6.18. The molecule has 30 heavy (non-hydrogen) atoms. The third kappa shape index (κ3) is 5.10. The molecule has 2 heterocycles. The Balaban J connectivity index is 1.67. The molecule has 9 nitrogen and oxygen atoms in total. The number of hydrogen-bond acceptors (Lipinski definition) is 5. The van der Waals surface area contributed by atoms with Crippen LogP contribution < -0.4 is 11.1 Å². The number of benzene rings is 1. The van der Waals surface area contributed by atoms with E-state index in [1.165, 1.54) is 9.96 Å². The van der Waals surface area contributed by atoms with Crippen molar-refractivity contribution in [3.8, 4) is 0 Å². The summed E-state index contributed by atoms with van der Waals surface area (Å²) in [5, 5.41) is 4.00. The Labute approximate surface area is 175 Å². The van der Waals surface area contributed by atoms with Gasteiger partial charge in [-0.25, -0.2) is 9.59 Å². The lowest BCUT2D eigenvalue weighted by Gasteiger charge is -2.28. The predicted molar refractivity (Wildman–Crippen MR) is 109 cm³/mol. The quantitative estimate of drug-likeness (QED) is 0.659. The number of amides is 4. The molecule has 2 atom stereocenters. The van der Waals surface area contributed by atoms with Crippen molar-refractivity contribution >= 4 is 18.0 Å². The maximum atomic E-state index is 12.8. The maximum absolute atomic E-state index is 12.8. The van der Waals surface area contributed by atoms with Crippen molar-refractivity contribution in [1.82, 2.24) is 15.3 Å². The third-order valence-electron chi connectivity index (χ3n) is 4.81. The minimum Gasteiger partial charge on any atom is -0.444 e. The van der Waals surface area contributed by atoms with E-state index in [1.54, 1.807) is 26.8 Å². The molecule has 2 aliphatic heterocycles. The van der Waals surface area contributed by atoms with Gasteiger partial charge in [0.25, 0.3) is 0 Å². The van der Waals surface area contributed by atoms with Crippen molar-refractivity contribution in [2.24, 2.45) is 5.73 Å². The zero-order valence-corrected chi connectivity index (χ0v) is 17.5. The van der Waals surface area contributed by atoms with Gasteiger partial charge in [0.1, 0.15) is 24.3 Å². The zero-order chi connectivity index (χ0) is 21.9. The van der Waals surface area contributed by atoms with Crippen molar-refractivity contribution in [1.29, 1.82) is 0 Å². The monoisotopic (exact) mass is 416 g/mol. The number of ether oxygens (including phenoxy) is 1. The van der Waals surface area contributed by atoms with E-state index in [9.17, 15) is 14.4 Å². The molecule has 4 amide bonds. The van der Waals surface area contributed by atoms with E-state index in [1.807, 2.05) is 30.3 Å². The Kier molecular flexibility index (Phi) is 6.31. The number of fused-ring (bicyclic) bond motifs is 2. The summed E-state index contributed by atoms with van der Waals surface area (Å²) in [4.78, 5) is 43.8. The molecule has 3 rings (SSSR count). The van der Waals surface area contributed by atoms with Crippen molar-refractivity contribution in [2.45, 2.75) is 51.5 Å². The number of carbonyl (C=O) groups is 3. The van der Waals surface area contributed by atoms with E-state index in [0.717, 1.165) is 11.1 Å². The molecule has 1 aromatic rings. The van der Waals surface area contributed by atoms with Crippen LogP contribution in [0.1, 0.15) is 32.8 Å². The molecule has 0 unspecified atom stereocenters. The molecular weight excluding hydrogens is 388 g/mol. The third-order valence-corrected chi connectivity index (χ3v) is 4.81. The van der Waals surface area contributed by atoms with Crippen molar-refractivity contribution in [2.75, 3.05) is 13.1 Å². The van der Waals surface area contributed by atoms with Crippen LogP contribution in [0, 0.1) is 0 Å². The summed E-state index contributed by atoms with van der Waals surface area (Å²) >= 11 is 0. The highest BCUT2D eigenvalue weighted by atomic mass is 16.7. The van der Waals surface area contributed by atoms with Gasteiger partial charge in [-0.1, -0.05) is 36.4 Å². The summed E-state index contributed by atoms with van der Waals surface area (Å²) in [5.41, 5.74) is 6.65. The lowest BCUT2D eigenvalue weighted by Crippen LogP contribution is -2.47. The van der Waals surface area contributed by atoms with E-state index < -0.39 is 29.7 Å². The molecule has 0 aliphatic carbocycles. The molecule has 0 radical (unpaired) electrons. The van der Waals surface area contributed by atoms with Gasteiger partial charge in [0.15, 0.2) is 0 Å². The SMILES string of the molecule is CC(C)(C)OC(=O)NCCC1=C[C@@H](C(N)=O)N2C[C@@H]1N(OCc1ccccc1)C2=O. The lowest BCUT2D eigenvalue weighted by molar-refractivity contribution is -0.133. The number of urea groups is 1. The Morgan fingerprint density at radius 1 is 1.23 bits per heavy atom. The second-order valence-electron chi connectivity index (χ2n) is 8.30. The van der Waals surface area contributed by atoms with Crippen LogP contribution in [-0.2, 0) is 21.0 Å². The number of primary amides is 1. The predicted octanol–water partition coefficient (Wildman–Crippen LogP) is 1.93. The van der Waals surface area contributed by atoms with Crippen molar-refractivity contribution < 1.29 is 24.0 Å². The maximum Gasteiger partial charge on any atom is 0.407 e. The van der Waals surface area contributed by atoms with E-state index in [-0.39, 0.29) is 12.6 Å². The second kappa shape index (κ2) is 8.74. The van der Waals surface area contributed by atoms with Crippen molar-refractivity contribution in [3.05, 3.63) is 47.5 Å². The topological polar surface area (TPSA) is 114 Å². The average molecular weight is 416 g/mol. The molecule has 1 fully saturated rings. The summed E-state index contributed by atoms with van der Waals surface area (Å²) in [6, 6.07) is 7.91. The van der Waals surface area contributed by atoms with E-state index in [0.29, 0.717) is 19.5 Å². The summed E-state index contributed by atoms with van der Waals surface area (Å²) < 4.78 is 5.23. The Hall–Kier alpha value is -3.07. The highest BCUT2D eigenvalue weighted by Gasteiger charge is 2.47. The molecule has 1 saturated heterocycles. The van der Waals surface area contributed by atoms with Crippen LogP contribution in [0.2, 0.25) is 0 Å². The normalized spacial score (nSPS) is 20.8. The number of nitrogens with one attached hydrogen (secondary N) is 1. The van der Waals surface area contributed by atoms with Gasteiger partial charge in [0.2, 0.25) is 5.91 Å². The summed E-state index contributed by atoms with van der Waals surface area (Å²) in [5.74, 6) is -0.607. The van der Waals surface area contributed by atoms with Crippen LogP contribution >= 0.6 is 0 Å². The molecule has 0 spiro atoms. The minimum atomic E-state index is -0.837. The number of hydroxylamine groups is 2. The molecular formula is C21H28N4O5. The first-order chi connectivity index (χ1) is 14.2. The summed E-state index contributed by atoms with van der Waals surface area (Å²) in [6.07, 6.45) is 1.60. The smallest absolute Gasteiger partial charge is 0.407 e. The Bertz CT molecular complexity index is 834. The fourth-order valence-corrected chi connectivity index (χ4v) is 3.47. The molecule has 0 saturated carbocycles. The number of hydrogen-bond donors (Lipinski definition) is 2. The molecule has 9 heteroatoms. The molecule has 0 aromatic heterocycles. The summed E-state index contributed by atoms with van der Waals surface area (Å²) in [7, 11) is 0. The number of rotatable bonds is 7. The van der Waals surface area contributed by atoms with Gasteiger partial charge in [-0.05, 0) is 38.3 Å². The van der Waals surface area contributed by atoms with Gasteiger partial charge < -0.3 is 20.7 Å². The van der Waals surface area contributed by atoms with Crippen LogP contribution in [-0.4, -0.2) is 58.8 Å². The number of alkyl carbamates (subject to hydrolysis) is 1. The van der Waals surface area contributed by atoms with Crippen LogP contribution in [0.25, 0.3) is 0 Å². The molecule has 162 valence electrons.